The molecular formula is C20H32N4O2. The molecule has 0 spiro atoms. The highest BCUT2D eigenvalue weighted by molar-refractivity contribution is 5.93. The monoisotopic (exact) mass is 360 g/mol. The van der Waals surface area contributed by atoms with E-state index in [0.29, 0.717) is 11.6 Å². The third kappa shape index (κ3) is 6.02. The third-order valence-electron chi connectivity index (χ3n) is 4.56. The van der Waals surface area contributed by atoms with Crippen molar-refractivity contribution in [2.45, 2.75) is 33.7 Å². The van der Waals surface area contributed by atoms with Gasteiger partial charge in [-0.3, -0.25) is 9.69 Å². The van der Waals surface area contributed by atoms with Crippen LogP contribution in [0.2, 0.25) is 0 Å². The molecule has 1 aromatic carbocycles. The van der Waals surface area contributed by atoms with Gasteiger partial charge in [0.1, 0.15) is 6.04 Å². The molecular weight excluding hydrogens is 328 g/mol. The predicted octanol–water partition coefficient (Wildman–Crippen LogP) is 2.63. The summed E-state index contributed by atoms with van der Waals surface area (Å²) in [5.74, 6) is 0.661. The lowest BCUT2D eigenvalue weighted by atomic mass is 10.0. The zero-order chi connectivity index (χ0) is 19.1. The number of benzene rings is 1. The van der Waals surface area contributed by atoms with Crippen molar-refractivity contribution < 1.29 is 9.59 Å². The van der Waals surface area contributed by atoms with Gasteiger partial charge in [-0.15, -0.1) is 0 Å². The molecule has 0 saturated carbocycles. The van der Waals surface area contributed by atoms with E-state index in [1.165, 1.54) is 0 Å². The van der Waals surface area contributed by atoms with Crippen molar-refractivity contribution in [3.8, 4) is 0 Å². The number of carbonyl (C=O) groups is 2. The summed E-state index contributed by atoms with van der Waals surface area (Å²) in [5, 5.41) is 5.64. The topological polar surface area (TPSA) is 64.7 Å². The van der Waals surface area contributed by atoms with Gasteiger partial charge in [0.15, 0.2) is 0 Å². The van der Waals surface area contributed by atoms with Crippen molar-refractivity contribution in [2.24, 2.45) is 11.8 Å². The van der Waals surface area contributed by atoms with Gasteiger partial charge in [-0.1, -0.05) is 45.9 Å². The lowest BCUT2D eigenvalue weighted by Gasteiger charge is -2.37. The van der Waals surface area contributed by atoms with Crippen LogP contribution in [0, 0.1) is 11.8 Å². The van der Waals surface area contributed by atoms with E-state index in [0.717, 1.165) is 32.7 Å². The Bertz CT molecular complexity index is 581. The van der Waals surface area contributed by atoms with E-state index in [9.17, 15) is 9.59 Å². The van der Waals surface area contributed by atoms with Gasteiger partial charge in [-0.2, -0.15) is 0 Å². The number of nitrogens with zero attached hydrogens (tertiary/aromatic N) is 2. The molecule has 2 rings (SSSR count). The smallest absolute Gasteiger partial charge is 0.319 e. The Balaban J connectivity index is 1.90. The van der Waals surface area contributed by atoms with Crippen LogP contribution >= 0.6 is 0 Å². The maximum atomic E-state index is 12.9. The van der Waals surface area contributed by atoms with Gasteiger partial charge in [0, 0.05) is 38.4 Å². The molecule has 6 heteroatoms. The minimum absolute atomic E-state index is 0.00686. The van der Waals surface area contributed by atoms with Crippen molar-refractivity contribution in [1.82, 2.24) is 15.1 Å². The Hall–Kier alpha value is -2.08. The minimum Gasteiger partial charge on any atom is -0.338 e. The highest BCUT2D eigenvalue weighted by atomic mass is 16.2. The predicted molar refractivity (Wildman–Crippen MR) is 105 cm³/mol. The van der Waals surface area contributed by atoms with Crippen molar-refractivity contribution >= 4 is 17.6 Å². The van der Waals surface area contributed by atoms with E-state index in [1.54, 1.807) is 0 Å². The molecule has 3 amide bonds. The van der Waals surface area contributed by atoms with Crippen molar-refractivity contribution in [3.05, 3.63) is 30.3 Å². The fourth-order valence-corrected chi connectivity index (χ4v) is 3.21. The van der Waals surface area contributed by atoms with Gasteiger partial charge in [-0.05, 0) is 24.0 Å². The number of hydrogen-bond donors (Lipinski definition) is 2. The summed E-state index contributed by atoms with van der Waals surface area (Å²) in [5.41, 5.74) is 0.710. The van der Waals surface area contributed by atoms with Crippen LogP contribution < -0.4 is 10.6 Å². The highest BCUT2D eigenvalue weighted by Crippen LogP contribution is 2.12. The maximum absolute atomic E-state index is 12.9. The summed E-state index contributed by atoms with van der Waals surface area (Å²) in [6.07, 6.45) is 0. The van der Waals surface area contributed by atoms with Crippen LogP contribution in [-0.4, -0.2) is 60.5 Å². The number of rotatable bonds is 6. The Labute approximate surface area is 156 Å². The molecule has 0 aromatic heterocycles. The van der Waals surface area contributed by atoms with Gasteiger partial charge >= 0.3 is 6.03 Å². The van der Waals surface area contributed by atoms with Gasteiger partial charge in [0.2, 0.25) is 5.91 Å². The summed E-state index contributed by atoms with van der Waals surface area (Å²) in [7, 11) is 0. The Morgan fingerprint density at radius 3 is 2.15 bits per heavy atom. The molecule has 1 unspecified atom stereocenters. The third-order valence-corrected chi connectivity index (χ3v) is 4.56. The first kappa shape index (κ1) is 20.2. The van der Waals surface area contributed by atoms with Crippen LogP contribution in [0.1, 0.15) is 27.7 Å². The largest absolute Gasteiger partial charge is 0.338 e. The molecule has 0 bridgehead atoms. The average Bonchev–Trinajstić information content (AvgIpc) is 2.60. The normalized spacial score (nSPS) is 16.6. The first-order valence-electron chi connectivity index (χ1n) is 9.50. The van der Waals surface area contributed by atoms with Crippen LogP contribution in [0.5, 0.6) is 0 Å². The fraction of sp³-hybridized carbons (Fsp3) is 0.600. The Kier molecular flexibility index (Phi) is 7.45. The molecule has 1 aliphatic rings. The molecule has 0 radical (unpaired) electrons. The van der Waals surface area contributed by atoms with Crippen molar-refractivity contribution in [1.29, 1.82) is 0 Å². The summed E-state index contributed by atoms with van der Waals surface area (Å²) < 4.78 is 0. The Morgan fingerprint density at radius 2 is 1.62 bits per heavy atom. The molecule has 6 nitrogen and oxygen atoms in total. The SMILES string of the molecule is CC(C)CN1CCN(C(=O)C(NC(=O)Nc2ccccc2)C(C)C)CC1. The van der Waals surface area contributed by atoms with Crippen molar-refractivity contribution in [3.63, 3.8) is 0 Å². The summed E-state index contributed by atoms with van der Waals surface area (Å²) in [6, 6.07) is 8.38. The second-order valence-corrected chi connectivity index (χ2v) is 7.71. The van der Waals surface area contributed by atoms with Crippen molar-refractivity contribution in [2.75, 3.05) is 38.0 Å². The molecule has 1 atom stereocenters. The number of para-hydroxylation sites is 1. The molecule has 26 heavy (non-hydrogen) atoms. The van der Waals surface area contributed by atoms with Crippen LogP contribution in [-0.2, 0) is 4.79 Å². The molecule has 1 aliphatic heterocycles. The van der Waals surface area contributed by atoms with Gasteiger partial charge in [0.25, 0.3) is 0 Å². The van der Waals surface area contributed by atoms with E-state index in [4.69, 9.17) is 0 Å². The van der Waals surface area contributed by atoms with E-state index in [1.807, 2.05) is 49.1 Å². The maximum Gasteiger partial charge on any atom is 0.319 e. The second kappa shape index (κ2) is 9.57. The molecule has 1 heterocycles. The zero-order valence-electron chi connectivity index (χ0n) is 16.4. The molecule has 2 N–H and O–H groups in total. The van der Waals surface area contributed by atoms with E-state index in [2.05, 4.69) is 29.4 Å². The molecule has 1 aromatic rings. The summed E-state index contributed by atoms with van der Waals surface area (Å²) >= 11 is 0. The number of anilines is 1. The van der Waals surface area contributed by atoms with Crippen LogP contribution in [0.3, 0.4) is 0 Å². The average molecular weight is 361 g/mol. The van der Waals surface area contributed by atoms with E-state index < -0.39 is 6.04 Å². The van der Waals surface area contributed by atoms with Crippen LogP contribution in [0.25, 0.3) is 0 Å². The summed E-state index contributed by atoms with van der Waals surface area (Å²) in [6.45, 7) is 12.6. The number of amides is 3. The number of piperazine rings is 1. The number of carbonyl (C=O) groups excluding carboxylic acids is 2. The van der Waals surface area contributed by atoms with E-state index >= 15 is 0 Å². The fourth-order valence-electron chi connectivity index (χ4n) is 3.21. The van der Waals surface area contributed by atoms with E-state index in [-0.39, 0.29) is 17.9 Å². The zero-order valence-corrected chi connectivity index (χ0v) is 16.4. The first-order valence-corrected chi connectivity index (χ1v) is 9.50. The number of nitrogens with one attached hydrogen (secondary N) is 2. The van der Waals surface area contributed by atoms with Crippen LogP contribution in [0.4, 0.5) is 10.5 Å². The number of urea groups is 1. The Morgan fingerprint density at radius 1 is 1.00 bits per heavy atom. The minimum atomic E-state index is -0.518. The molecule has 144 valence electrons. The number of hydrogen-bond acceptors (Lipinski definition) is 3. The van der Waals surface area contributed by atoms with Gasteiger partial charge < -0.3 is 15.5 Å². The van der Waals surface area contributed by atoms with Crippen LogP contribution in [0.15, 0.2) is 30.3 Å². The van der Waals surface area contributed by atoms with Gasteiger partial charge in [-0.25, -0.2) is 4.79 Å². The summed E-state index contributed by atoms with van der Waals surface area (Å²) in [4.78, 5) is 29.5. The molecule has 0 aliphatic carbocycles. The lowest BCUT2D eigenvalue weighted by molar-refractivity contribution is -0.136. The molecule has 1 saturated heterocycles. The molecule has 1 fully saturated rings. The van der Waals surface area contributed by atoms with Gasteiger partial charge in [0.05, 0.1) is 0 Å². The second-order valence-electron chi connectivity index (χ2n) is 7.71. The standard InChI is InChI=1S/C20H32N4O2/c1-15(2)14-23-10-12-24(13-11-23)19(25)18(16(3)4)22-20(26)21-17-8-6-5-7-9-17/h5-9,15-16,18H,10-14H2,1-4H3,(H2,21,22,26). The lowest BCUT2D eigenvalue weighted by Crippen LogP contribution is -2.57. The first-order chi connectivity index (χ1) is 12.4. The quantitative estimate of drug-likeness (QED) is 0.820. The highest BCUT2D eigenvalue weighted by Gasteiger charge is 2.30.